The molecule has 0 aromatic heterocycles. The molecule has 1 saturated heterocycles. The second kappa shape index (κ2) is 5.99. The molecule has 0 unspecified atom stereocenters. The Bertz CT molecular complexity index is 193. The Morgan fingerprint density at radius 3 is 2.12 bits per heavy atom. The number of nitrogens with zero attached hydrogens (tertiary/aromatic N) is 2. The summed E-state index contributed by atoms with van der Waals surface area (Å²) in [4.78, 5) is 5.14. The molecule has 0 aromatic rings. The van der Waals surface area contributed by atoms with Crippen molar-refractivity contribution in [2.45, 2.75) is 40.2 Å². The fourth-order valence-electron chi connectivity index (χ4n) is 2.07. The first-order chi connectivity index (χ1) is 7.44. The monoisotopic (exact) mass is 227 g/mol. The lowest BCUT2D eigenvalue weighted by molar-refractivity contribution is 0.0991. The van der Waals surface area contributed by atoms with Crippen LogP contribution in [0, 0.1) is 5.41 Å². The Kier molecular flexibility index (Phi) is 5.22. The molecule has 0 bridgehead atoms. The molecule has 96 valence electrons. The van der Waals surface area contributed by atoms with Crippen molar-refractivity contribution < 1.29 is 0 Å². The van der Waals surface area contributed by atoms with Gasteiger partial charge in [0.15, 0.2) is 0 Å². The molecule has 0 spiro atoms. The van der Waals surface area contributed by atoms with Crippen LogP contribution in [0.15, 0.2) is 0 Å². The number of rotatable bonds is 5. The lowest BCUT2D eigenvalue weighted by atomic mass is 9.89. The average Bonchev–Trinajstić information content (AvgIpc) is 2.27. The van der Waals surface area contributed by atoms with Crippen molar-refractivity contribution >= 4 is 0 Å². The molecule has 16 heavy (non-hydrogen) atoms. The molecular weight excluding hydrogens is 198 g/mol. The Balaban J connectivity index is 2.22. The van der Waals surface area contributed by atoms with E-state index in [-0.39, 0.29) is 0 Å². The number of nitrogens with two attached hydrogens (primary N) is 1. The molecule has 0 radical (unpaired) electrons. The summed E-state index contributed by atoms with van der Waals surface area (Å²) in [5.74, 6) is 0. The van der Waals surface area contributed by atoms with E-state index in [1.807, 2.05) is 0 Å². The van der Waals surface area contributed by atoms with E-state index < -0.39 is 0 Å². The van der Waals surface area contributed by atoms with Crippen LogP contribution in [0.4, 0.5) is 0 Å². The highest BCUT2D eigenvalue weighted by Gasteiger charge is 2.21. The van der Waals surface area contributed by atoms with Gasteiger partial charge in [0.2, 0.25) is 0 Å². The van der Waals surface area contributed by atoms with Crippen LogP contribution in [0.1, 0.15) is 34.1 Å². The first-order valence-corrected chi connectivity index (χ1v) is 6.61. The molecule has 2 N–H and O–H groups in total. The van der Waals surface area contributed by atoms with Gasteiger partial charge in [0.25, 0.3) is 0 Å². The average molecular weight is 227 g/mol. The standard InChI is InChI=1S/C13H29N3/c1-12(2)16-9-7-15(8-10-16)6-5-13(3,4)11-14/h12H,5-11,14H2,1-4H3. The third-order valence-electron chi connectivity index (χ3n) is 3.79. The van der Waals surface area contributed by atoms with Gasteiger partial charge in [-0.05, 0) is 38.8 Å². The topological polar surface area (TPSA) is 32.5 Å². The van der Waals surface area contributed by atoms with Crippen LogP contribution in [0.2, 0.25) is 0 Å². The first kappa shape index (κ1) is 13.9. The molecule has 3 nitrogen and oxygen atoms in total. The quantitative estimate of drug-likeness (QED) is 0.770. The summed E-state index contributed by atoms with van der Waals surface area (Å²) < 4.78 is 0. The fourth-order valence-corrected chi connectivity index (χ4v) is 2.07. The molecule has 1 rings (SSSR count). The number of hydrogen-bond donors (Lipinski definition) is 1. The minimum Gasteiger partial charge on any atom is -0.330 e. The van der Waals surface area contributed by atoms with E-state index in [1.54, 1.807) is 0 Å². The lowest BCUT2D eigenvalue weighted by Gasteiger charge is -2.38. The maximum absolute atomic E-state index is 5.76. The molecule has 1 aliphatic heterocycles. The molecule has 1 fully saturated rings. The second-order valence-corrected chi connectivity index (χ2v) is 6.09. The van der Waals surface area contributed by atoms with E-state index in [0.717, 1.165) is 6.54 Å². The predicted octanol–water partition coefficient (Wildman–Crippen LogP) is 1.39. The number of hydrogen-bond acceptors (Lipinski definition) is 3. The second-order valence-electron chi connectivity index (χ2n) is 6.09. The van der Waals surface area contributed by atoms with Gasteiger partial charge >= 0.3 is 0 Å². The zero-order chi connectivity index (χ0) is 12.2. The summed E-state index contributed by atoms with van der Waals surface area (Å²) in [5, 5.41) is 0. The van der Waals surface area contributed by atoms with E-state index in [0.29, 0.717) is 11.5 Å². The summed E-state index contributed by atoms with van der Waals surface area (Å²) in [5.41, 5.74) is 6.06. The van der Waals surface area contributed by atoms with Crippen molar-refractivity contribution in [1.82, 2.24) is 9.80 Å². The molecule has 0 atom stereocenters. The maximum Gasteiger partial charge on any atom is 0.0113 e. The van der Waals surface area contributed by atoms with Gasteiger partial charge in [-0.2, -0.15) is 0 Å². The Hall–Kier alpha value is -0.120. The Morgan fingerprint density at radius 1 is 1.12 bits per heavy atom. The van der Waals surface area contributed by atoms with Crippen molar-refractivity contribution in [1.29, 1.82) is 0 Å². The van der Waals surface area contributed by atoms with Crippen LogP contribution in [-0.2, 0) is 0 Å². The van der Waals surface area contributed by atoms with E-state index in [1.165, 1.54) is 39.1 Å². The first-order valence-electron chi connectivity index (χ1n) is 6.61. The van der Waals surface area contributed by atoms with Crippen molar-refractivity contribution in [3.63, 3.8) is 0 Å². The summed E-state index contributed by atoms with van der Waals surface area (Å²) in [6.45, 7) is 16.0. The molecule has 0 amide bonds. The predicted molar refractivity (Wildman–Crippen MR) is 70.6 cm³/mol. The fraction of sp³-hybridized carbons (Fsp3) is 1.00. The maximum atomic E-state index is 5.76. The minimum absolute atomic E-state index is 0.301. The Morgan fingerprint density at radius 2 is 1.69 bits per heavy atom. The SMILES string of the molecule is CC(C)N1CCN(CCC(C)(C)CN)CC1. The van der Waals surface area contributed by atoms with Gasteiger partial charge in [0.1, 0.15) is 0 Å². The highest BCUT2D eigenvalue weighted by Crippen LogP contribution is 2.19. The van der Waals surface area contributed by atoms with Gasteiger partial charge in [-0.1, -0.05) is 13.8 Å². The molecule has 3 heteroatoms. The van der Waals surface area contributed by atoms with Gasteiger partial charge in [0, 0.05) is 32.2 Å². The summed E-state index contributed by atoms with van der Waals surface area (Å²) >= 11 is 0. The van der Waals surface area contributed by atoms with Crippen molar-refractivity contribution in [2.75, 3.05) is 39.3 Å². The molecule has 1 aliphatic rings. The Labute approximate surface area is 101 Å². The smallest absolute Gasteiger partial charge is 0.0113 e. The molecular formula is C13H29N3. The molecule has 1 heterocycles. The molecule has 0 aromatic carbocycles. The summed E-state index contributed by atoms with van der Waals surface area (Å²) in [7, 11) is 0. The normalized spacial score (nSPS) is 20.6. The minimum atomic E-state index is 0.301. The van der Waals surface area contributed by atoms with E-state index in [4.69, 9.17) is 5.73 Å². The van der Waals surface area contributed by atoms with Crippen LogP contribution in [0.3, 0.4) is 0 Å². The van der Waals surface area contributed by atoms with Crippen molar-refractivity contribution in [3.8, 4) is 0 Å². The van der Waals surface area contributed by atoms with Crippen LogP contribution in [0.25, 0.3) is 0 Å². The van der Waals surface area contributed by atoms with Crippen molar-refractivity contribution in [3.05, 3.63) is 0 Å². The lowest BCUT2D eigenvalue weighted by Crippen LogP contribution is -2.49. The van der Waals surface area contributed by atoms with Crippen LogP contribution >= 0.6 is 0 Å². The van der Waals surface area contributed by atoms with E-state index in [2.05, 4.69) is 37.5 Å². The van der Waals surface area contributed by atoms with Gasteiger partial charge < -0.3 is 10.6 Å². The van der Waals surface area contributed by atoms with Gasteiger partial charge in [-0.3, -0.25) is 4.90 Å². The highest BCUT2D eigenvalue weighted by molar-refractivity contribution is 4.77. The zero-order valence-electron chi connectivity index (χ0n) is 11.5. The summed E-state index contributed by atoms with van der Waals surface area (Å²) in [6.07, 6.45) is 1.21. The summed E-state index contributed by atoms with van der Waals surface area (Å²) in [6, 6.07) is 0.697. The third kappa shape index (κ3) is 4.40. The van der Waals surface area contributed by atoms with E-state index >= 15 is 0 Å². The van der Waals surface area contributed by atoms with E-state index in [9.17, 15) is 0 Å². The largest absolute Gasteiger partial charge is 0.330 e. The third-order valence-corrected chi connectivity index (χ3v) is 3.79. The van der Waals surface area contributed by atoms with Crippen LogP contribution in [-0.4, -0.2) is 55.1 Å². The molecule has 0 saturated carbocycles. The number of piperazine rings is 1. The van der Waals surface area contributed by atoms with Gasteiger partial charge in [-0.25, -0.2) is 0 Å². The highest BCUT2D eigenvalue weighted by atomic mass is 15.3. The van der Waals surface area contributed by atoms with Crippen LogP contribution < -0.4 is 5.73 Å². The van der Waals surface area contributed by atoms with Gasteiger partial charge in [0.05, 0.1) is 0 Å². The van der Waals surface area contributed by atoms with Crippen LogP contribution in [0.5, 0.6) is 0 Å². The zero-order valence-corrected chi connectivity index (χ0v) is 11.5. The molecule has 0 aliphatic carbocycles. The van der Waals surface area contributed by atoms with Crippen molar-refractivity contribution in [2.24, 2.45) is 11.1 Å². The van der Waals surface area contributed by atoms with Gasteiger partial charge in [-0.15, -0.1) is 0 Å².